The van der Waals surface area contributed by atoms with Gasteiger partial charge in [-0.05, 0) is 57.0 Å². The minimum Gasteiger partial charge on any atom is -0.508 e. The molecule has 0 saturated carbocycles. The fourth-order valence-electron chi connectivity index (χ4n) is 5.78. The SMILES string of the molecule is CC[C@@]1(OC(=O)CNC(=O)OC(C)(C)C)C(=O)OCc2c1cc1n(c2=O)Cc2c-1nc1ccc(O)cc1c2CC[Si-](C)(C)C. The van der Waals surface area contributed by atoms with E-state index in [4.69, 9.17) is 19.2 Å². The smallest absolute Gasteiger partial charge is 0.408 e. The zero-order chi connectivity index (χ0) is 32.2. The predicted octanol–water partition coefficient (Wildman–Crippen LogP) is 4.74. The number of cyclic esters (lactones) is 1. The van der Waals surface area contributed by atoms with E-state index in [2.05, 4.69) is 25.0 Å². The first-order valence-corrected chi connectivity index (χ1v) is 18.5. The number of pyridine rings is 2. The third kappa shape index (κ3) is 5.82. The van der Waals surface area contributed by atoms with E-state index in [1.807, 2.05) is 0 Å². The summed E-state index contributed by atoms with van der Waals surface area (Å²) in [4.78, 5) is 57.3. The van der Waals surface area contributed by atoms with Crippen LogP contribution in [-0.2, 0) is 49.0 Å². The second-order valence-electron chi connectivity index (χ2n) is 13.6. The second-order valence-corrected chi connectivity index (χ2v) is 19.2. The number of aromatic nitrogens is 2. The van der Waals surface area contributed by atoms with Crippen LogP contribution in [0.5, 0.6) is 5.75 Å². The highest BCUT2D eigenvalue weighted by Crippen LogP contribution is 2.42. The van der Waals surface area contributed by atoms with Crippen molar-refractivity contribution in [2.45, 2.75) is 90.6 Å². The van der Waals surface area contributed by atoms with Gasteiger partial charge in [0.25, 0.3) is 5.56 Å². The fraction of sp³-hybridized carbons (Fsp3) is 0.469. The van der Waals surface area contributed by atoms with Crippen LogP contribution in [0, 0.1) is 0 Å². The average molecular weight is 622 g/mol. The number of rotatable bonds is 7. The second kappa shape index (κ2) is 11.1. The number of nitrogens with zero attached hydrogens (tertiary/aromatic N) is 2. The van der Waals surface area contributed by atoms with Gasteiger partial charge in [0.2, 0.25) is 5.60 Å². The Labute approximate surface area is 256 Å². The van der Waals surface area contributed by atoms with E-state index in [1.54, 1.807) is 56.5 Å². The summed E-state index contributed by atoms with van der Waals surface area (Å²) in [5.41, 5.74) is 1.23. The standard InChI is InChI=1S/C32H39N3O8Si/c1-8-32(42-26(37)15-33-30(40)43-31(2,3)4)23-14-25-27-21(16-35(25)28(38)22(23)17-41-29(32)39)19(11-12-44(5,6)7)20-13-18(36)9-10-24(20)34-27/h9-10,13-14,36H,8,11-12,15-17H2,1-7H3,(H,33,40)/q-1/t32-/m0/s1. The Balaban J connectivity index is 1.59. The fourth-order valence-corrected chi connectivity index (χ4v) is 6.78. The molecule has 44 heavy (non-hydrogen) atoms. The normalized spacial score (nSPS) is 17.4. The Hall–Kier alpha value is -4.19. The number of phenolic OH excluding ortho intramolecular Hbond substituents is 1. The monoisotopic (exact) mass is 621 g/mol. The molecule has 2 aliphatic heterocycles. The number of hydrogen-bond acceptors (Lipinski definition) is 9. The molecule has 0 aliphatic carbocycles. The summed E-state index contributed by atoms with van der Waals surface area (Å²) in [5, 5.41) is 13.5. The number of amides is 1. The van der Waals surface area contributed by atoms with E-state index in [9.17, 15) is 24.3 Å². The maximum Gasteiger partial charge on any atom is 0.408 e. The topological polar surface area (TPSA) is 146 Å². The average Bonchev–Trinajstić information content (AvgIpc) is 3.29. The van der Waals surface area contributed by atoms with Gasteiger partial charge in [-0.3, -0.25) is 9.59 Å². The van der Waals surface area contributed by atoms with E-state index >= 15 is 0 Å². The first-order valence-electron chi connectivity index (χ1n) is 14.8. The van der Waals surface area contributed by atoms with E-state index in [0.29, 0.717) is 16.9 Å². The highest BCUT2D eigenvalue weighted by Gasteiger charge is 2.50. The summed E-state index contributed by atoms with van der Waals surface area (Å²) in [6.45, 7) is 13.1. The van der Waals surface area contributed by atoms with E-state index in [0.717, 1.165) is 29.0 Å². The number of aromatic hydroxyl groups is 1. The Morgan fingerprint density at radius 2 is 1.89 bits per heavy atom. The molecule has 4 heterocycles. The number of ether oxygens (including phenoxy) is 3. The van der Waals surface area contributed by atoms with Crippen LogP contribution in [0.4, 0.5) is 4.79 Å². The van der Waals surface area contributed by atoms with E-state index in [-0.39, 0.29) is 42.0 Å². The predicted molar refractivity (Wildman–Crippen MR) is 166 cm³/mol. The number of carbonyl (C=O) groups excluding carboxylic acids is 3. The third-order valence-corrected chi connectivity index (χ3v) is 9.70. The summed E-state index contributed by atoms with van der Waals surface area (Å²) in [6, 6.07) is 7.78. The molecule has 235 valence electrons. The largest absolute Gasteiger partial charge is 0.508 e. The van der Waals surface area contributed by atoms with Crippen LogP contribution < -0.4 is 10.9 Å². The van der Waals surface area contributed by atoms with Crippen LogP contribution in [0.1, 0.15) is 56.4 Å². The molecule has 0 saturated heterocycles. The van der Waals surface area contributed by atoms with Gasteiger partial charge in [0.15, 0.2) is 0 Å². The number of hydrogen-bond donors (Lipinski definition) is 2. The molecule has 1 amide bonds. The first kappa shape index (κ1) is 31.2. The molecule has 2 aromatic heterocycles. The molecule has 2 N–H and O–H groups in total. The third-order valence-electron chi connectivity index (χ3n) is 7.95. The molecule has 0 radical (unpaired) electrons. The van der Waals surface area contributed by atoms with Crippen molar-refractivity contribution in [3.63, 3.8) is 0 Å². The summed E-state index contributed by atoms with van der Waals surface area (Å²) in [6.07, 6.45) is -0.0412. The van der Waals surface area contributed by atoms with Crippen molar-refractivity contribution in [2.75, 3.05) is 6.54 Å². The van der Waals surface area contributed by atoms with Crippen molar-refractivity contribution in [2.24, 2.45) is 0 Å². The van der Waals surface area contributed by atoms with Gasteiger partial charge in [0.05, 0.1) is 29.0 Å². The molecular weight excluding hydrogens is 582 g/mol. The molecule has 5 rings (SSSR count). The van der Waals surface area contributed by atoms with Crippen LogP contribution in [0.25, 0.3) is 22.3 Å². The first-order chi connectivity index (χ1) is 20.5. The zero-order valence-electron chi connectivity index (χ0n) is 26.3. The van der Waals surface area contributed by atoms with Gasteiger partial charge in [-0.15, -0.1) is 0 Å². The number of nitrogens with one attached hydrogen (secondary N) is 1. The van der Waals surface area contributed by atoms with Crippen LogP contribution in [-0.4, -0.2) is 52.9 Å². The number of aryl methyl sites for hydroxylation is 1. The number of fused-ring (bicyclic) bond motifs is 5. The van der Waals surface area contributed by atoms with Crippen molar-refractivity contribution in [1.29, 1.82) is 0 Å². The lowest BCUT2D eigenvalue weighted by Gasteiger charge is -2.35. The molecule has 0 fully saturated rings. The lowest BCUT2D eigenvalue weighted by molar-refractivity contribution is -0.188. The van der Waals surface area contributed by atoms with E-state index < -0.39 is 43.9 Å². The maximum absolute atomic E-state index is 14.0. The Morgan fingerprint density at radius 1 is 1.16 bits per heavy atom. The van der Waals surface area contributed by atoms with Gasteiger partial charge in [-0.1, -0.05) is 13.3 Å². The molecule has 12 heteroatoms. The molecule has 11 nitrogen and oxygen atoms in total. The number of phenols is 1. The molecule has 1 aromatic carbocycles. The number of benzene rings is 1. The number of alkyl carbamates (subject to hydrolysis) is 1. The molecule has 0 unspecified atom stereocenters. The number of carbonyl (C=O) groups is 3. The molecule has 0 spiro atoms. The Morgan fingerprint density at radius 3 is 2.55 bits per heavy atom. The molecule has 3 aromatic rings. The quantitative estimate of drug-likeness (QED) is 0.170. The summed E-state index contributed by atoms with van der Waals surface area (Å²) < 4.78 is 18.0. The molecule has 1 atom stereocenters. The Kier molecular flexibility index (Phi) is 7.85. The van der Waals surface area contributed by atoms with Crippen molar-refractivity contribution in [3.05, 3.63) is 56.9 Å². The maximum atomic E-state index is 14.0. The van der Waals surface area contributed by atoms with Gasteiger partial charge in [-0.25, -0.2) is 14.6 Å². The Bertz CT molecular complexity index is 1750. The van der Waals surface area contributed by atoms with Crippen molar-refractivity contribution < 1.29 is 33.7 Å². The highest BCUT2D eigenvalue weighted by molar-refractivity contribution is 6.76. The summed E-state index contributed by atoms with van der Waals surface area (Å²) in [5.74, 6) is -1.54. The minimum absolute atomic E-state index is 0.00134. The lowest BCUT2D eigenvalue weighted by atomic mass is 9.85. The van der Waals surface area contributed by atoms with Gasteiger partial charge < -0.3 is 29.2 Å². The van der Waals surface area contributed by atoms with Crippen molar-refractivity contribution in [3.8, 4) is 17.1 Å². The minimum atomic E-state index is -1.89. The van der Waals surface area contributed by atoms with Crippen LogP contribution >= 0.6 is 0 Å². The summed E-state index contributed by atoms with van der Waals surface area (Å²) >= 11 is 0. The van der Waals surface area contributed by atoms with Crippen LogP contribution in [0.3, 0.4) is 0 Å². The number of esters is 2. The lowest BCUT2D eigenvalue weighted by Crippen LogP contribution is -2.49. The van der Waals surface area contributed by atoms with Gasteiger partial charge in [0.1, 0.15) is 24.5 Å². The van der Waals surface area contributed by atoms with E-state index in [1.165, 1.54) is 0 Å². The van der Waals surface area contributed by atoms with Crippen LogP contribution in [0.15, 0.2) is 29.1 Å². The molecule has 0 bridgehead atoms. The van der Waals surface area contributed by atoms with Gasteiger partial charge in [0, 0.05) is 16.5 Å². The van der Waals surface area contributed by atoms with Gasteiger partial charge in [-0.2, -0.15) is 33.8 Å². The zero-order valence-corrected chi connectivity index (χ0v) is 27.3. The van der Waals surface area contributed by atoms with Gasteiger partial charge >= 0.3 is 18.0 Å². The molecular formula is C32H39N3O8Si-. The summed E-state index contributed by atoms with van der Waals surface area (Å²) in [7, 11) is -1.45. The van der Waals surface area contributed by atoms with Crippen molar-refractivity contribution >= 4 is 37.0 Å². The molecule has 2 aliphatic rings. The highest BCUT2D eigenvalue weighted by atomic mass is 28.3. The van der Waals surface area contributed by atoms with Crippen LogP contribution in [0.2, 0.25) is 25.7 Å². The van der Waals surface area contributed by atoms with Crippen molar-refractivity contribution in [1.82, 2.24) is 14.9 Å².